The van der Waals surface area contributed by atoms with Gasteiger partial charge in [0.2, 0.25) is 0 Å². The van der Waals surface area contributed by atoms with Gasteiger partial charge in [0.1, 0.15) is 5.75 Å². The summed E-state index contributed by atoms with van der Waals surface area (Å²) < 4.78 is 0. The summed E-state index contributed by atoms with van der Waals surface area (Å²) in [4.78, 5) is 10.2. The minimum atomic E-state index is -0.853. The summed E-state index contributed by atoms with van der Waals surface area (Å²) in [5.41, 5.74) is 6.77. The predicted octanol–water partition coefficient (Wildman–Crippen LogP) is -0.194. The smallest absolute Gasteiger partial charge is 0.332 e. The van der Waals surface area contributed by atoms with E-state index in [1.807, 2.05) is 5.43 Å². The Labute approximate surface area is 84.5 Å². The number of nitrogens with two attached hydrogens (primary N) is 1. The first-order valence-corrected chi connectivity index (χ1v) is 3.84. The van der Waals surface area contributed by atoms with Crippen LogP contribution in [0.3, 0.4) is 0 Å². The molecular formula is C8H9N3O4. The molecule has 7 nitrogen and oxygen atoms in total. The number of hydrogen-bond acceptors (Lipinski definition) is 5. The Morgan fingerprint density at radius 3 is 2.47 bits per heavy atom. The van der Waals surface area contributed by atoms with E-state index < -0.39 is 17.5 Å². The van der Waals surface area contributed by atoms with Crippen LogP contribution in [0.15, 0.2) is 17.2 Å². The quantitative estimate of drug-likeness (QED) is 0.201. The van der Waals surface area contributed by atoms with E-state index in [0.717, 1.165) is 18.3 Å². The molecule has 0 aliphatic heterocycles. The van der Waals surface area contributed by atoms with E-state index >= 15 is 0 Å². The minimum Gasteiger partial charge on any atom is -0.507 e. The van der Waals surface area contributed by atoms with Gasteiger partial charge in [-0.1, -0.05) is 0 Å². The summed E-state index contributed by atoms with van der Waals surface area (Å²) in [6.45, 7) is 0. The van der Waals surface area contributed by atoms with Crippen LogP contribution in [0.25, 0.3) is 0 Å². The molecule has 0 bridgehead atoms. The van der Waals surface area contributed by atoms with Crippen LogP contribution in [-0.2, 0) is 0 Å². The molecule has 15 heavy (non-hydrogen) atoms. The molecule has 0 unspecified atom stereocenters. The van der Waals surface area contributed by atoms with Crippen LogP contribution in [0.2, 0.25) is 0 Å². The van der Waals surface area contributed by atoms with Crippen molar-refractivity contribution in [3.63, 3.8) is 0 Å². The summed E-state index contributed by atoms with van der Waals surface area (Å²) in [6.07, 6.45) is 1.07. The average molecular weight is 211 g/mol. The number of carbonyl (C=O) groups is 1. The SMILES string of the molecule is NC(=O)NN=Cc1cc(O)c(O)cc1O. The molecule has 1 aromatic carbocycles. The second kappa shape index (κ2) is 4.18. The molecule has 0 atom stereocenters. The van der Waals surface area contributed by atoms with Gasteiger partial charge in [-0.05, 0) is 6.07 Å². The third-order valence-corrected chi connectivity index (χ3v) is 1.50. The van der Waals surface area contributed by atoms with Crippen LogP contribution in [0.1, 0.15) is 5.56 Å². The number of carbonyl (C=O) groups excluding carboxylic acids is 1. The van der Waals surface area contributed by atoms with E-state index in [1.165, 1.54) is 0 Å². The molecular weight excluding hydrogens is 202 g/mol. The number of amides is 2. The van der Waals surface area contributed by atoms with Crippen molar-refractivity contribution < 1.29 is 20.1 Å². The summed E-state index contributed by atoms with van der Waals surface area (Å²) in [6, 6.07) is 1.17. The number of hydrogen-bond donors (Lipinski definition) is 5. The third kappa shape index (κ3) is 2.76. The largest absolute Gasteiger partial charge is 0.507 e. The Hall–Kier alpha value is -2.44. The van der Waals surface area contributed by atoms with Crippen LogP contribution >= 0.6 is 0 Å². The van der Waals surface area contributed by atoms with Gasteiger partial charge in [-0.3, -0.25) is 0 Å². The summed E-state index contributed by atoms with van der Waals surface area (Å²) in [5.74, 6) is -1.15. The van der Waals surface area contributed by atoms with E-state index in [-0.39, 0.29) is 11.3 Å². The highest BCUT2D eigenvalue weighted by molar-refractivity contribution is 5.85. The van der Waals surface area contributed by atoms with Gasteiger partial charge in [0.15, 0.2) is 11.5 Å². The van der Waals surface area contributed by atoms with Crippen LogP contribution in [0.5, 0.6) is 17.2 Å². The number of benzene rings is 1. The van der Waals surface area contributed by atoms with E-state index in [4.69, 9.17) is 15.9 Å². The number of rotatable bonds is 2. The Morgan fingerprint density at radius 2 is 1.87 bits per heavy atom. The van der Waals surface area contributed by atoms with Gasteiger partial charge in [-0.15, -0.1) is 0 Å². The number of aromatic hydroxyl groups is 3. The zero-order chi connectivity index (χ0) is 11.4. The predicted molar refractivity (Wildman–Crippen MR) is 51.7 cm³/mol. The molecule has 2 amide bonds. The lowest BCUT2D eigenvalue weighted by Crippen LogP contribution is -2.24. The topological polar surface area (TPSA) is 128 Å². The fourth-order valence-corrected chi connectivity index (χ4v) is 0.851. The van der Waals surface area contributed by atoms with Gasteiger partial charge in [0, 0.05) is 11.6 Å². The molecule has 80 valence electrons. The molecule has 0 saturated heterocycles. The van der Waals surface area contributed by atoms with E-state index in [1.54, 1.807) is 0 Å². The molecule has 0 saturated carbocycles. The molecule has 1 aromatic rings. The van der Waals surface area contributed by atoms with Crippen LogP contribution < -0.4 is 11.2 Å². The van der Waals surface area contributed by atoms with Crippen molar-refractivity contribution in [2.24, 2.45) is 10.8 Å². The normalized spacial score (nSPS) is 10.4. The van der Waals surface area contributed by atoms with Gasteiger partial charge in [0.25, 0.3) is 0 Å². The van der Waals surface area contributed by atoms with Gasteiger partial charge < -0.3 is 21.1 Å². The van der Waals surface area contributed by atoms with Crippen molar-refractivity contribution in [3.8, 4) is 17.2 Å². The van der Waals surface area contributed by atoms with Gasteiger partial charge in [0.05, 0.1) is 6.21 Å². The zero-order valence-electron chi connectivity index (χ0n) is 7.51. The number of nitrogens with zero attached hydrogens (tertiary/aromatic N) is 1. The molecule has 1 rings (SSSR count). The lowest BCUT2D eigenvalue weighted by molar-refractivity contribution is 0.249. The first-order chi connectivity index (χ1) is 7.00. The molecule has 0 spiro atoms. The number of hydrazone groups is 1. The number of phenolic OH excluding ortho intramolecular Hbond substituents is 3. The lowest BCUT2D eigenvalue weighted by Gasteiger charge is -2.01. The minimum absolute atomic E-state index is 0.124. The second-order valence-electron chi connectivity index (χ2n) is 2.63. The fourth-order valence-electron chi connectivity index (χ4n) is 0.851. The van der Waals surface area contributed by atoms with Crippen molar-refractivity contribution in [1.82, 2.24) is 5.43 Å². The van der Waals surface area contributed by atoms with E-state index in [2.05, 4.69) is 5.10 Å². The number of urea groups is 1. The average Bonchev–Trinajstić information content (AvgIpc) is 2.13. The van der Waals surface area contributed by atoms with Gasteiger partial charge >= 0.3 is 6.03 Å². The van der Waals surface area contributed by atoms with Crippen molar-refractivity contribution in [3.05, 3.63) is 17.7 Å². The van der Waals surface area contributed by atoms with Crippen LogP contribution in [-0.4, -0.2) is 27.6 Å². The zero-order valence-corrected chi connectivity index (χ0v) is 7.51. The number of phenols is 3. The summed E-state index contributed by atoms with van der Waals surface area (Å²) in [5, 5.41) is 30.7. The summed E-state index contributed by atoms with van der Waals surface area (Å²) >= 11 is 0. The van der Waals surface area contributed by atoms with Crippen LogP contribution in [0, 0.1) is 0 Å². The van der Waals surface area contributed by atoms with Gasteiger partial charge in [-0.2, -0.15) is 5.10 Å². The van der Waals surface area contributed by atoms with Crippen molar-refractivity contribution in [1.29, 1.82) is 0 Å². The standard InChI is InChI=1S/C8H9N3O4/c9-8(15)11-10-3-4-1-6(13)7(14)2-5(4)12/h1-3,12-14H,(H3,9,11,15). The molecule has 0 fully saturated rings. The first-order valence-electron chi connectivity index (χ1n) is 3.84. The third-order valence-electron chi connectivity index (χ3n) is 1.50. The van der Waals surface area contributed by atoms with Crippen LogP contribution in [0.4, 0.5) is 4.79 Å². The second-order valence-corrected chi connectivity index (χ2v) is 2.63. The Balaban J connectivity index is 2.90. The highest BCUT2D eigenvalue weighted by Crippen LogP contribution is 2.30. The highest BCUT2D eigenvalue weighted by Gasteiger charge is 2.05. The molecule has 0 aliphatic carbocycles. The Kier molecular flexibility index (Phi) is 2.97. The summed E-state index contributed by atoms with van der Waals surface area (Å²) in [7, 11) is 0. The number of nitrogens with one attached hydrogen (secondary N) is 1. The Bertz CT molecular complexity index is 417. The maximum absolute atomic E-state index is 10.2. The van der Waals surface area contributed by atoms with E-state index in [0.29, 0.717) is 0 Å². The lowest BCUT2D eigenvalue weighted by atomic mass is 10.2. The molecule has 0 radical (unpaired) electrons. The Morgan fingerprint density at radius 1 is 1.27 bits per heavy atom. The fraction of sp³-hybridized carbons (Fsp3) is 0. The van der Waals surface area contributed by atoms with Crippen molar-refractivity contribution in [2.75, 3.05) is 0 Å². The molecule has 0 heterocycles. The maximum Gasteiger partial charge on any atom is 0.332 e. The van der Waals surface area contributed by atoms with E-state index in [9.17, 15) is 9.90 Å². The molecule has 7 heteroatoms. The molecule has 6 N–H and O–H groups in total. The highest BCUT2D eigenvalue weighted by atomic mass is 16.3. The van der Waals surface area contributed by atoms with Crippen molar-refractivity contribution >= 4 is 12.2 Å². The van der Waals surface area contributed by atoms with Gasteiger partial charge in [-0.25, -0.2) is 10.2 Å². The first kappa shape index (κ1) is 10.6. The molecule has 0 aromatic heterocycles. The number of primary amides is 1. The monoisotopic (exact) mass is 211 g/mol. The van der Waals surface area contributed by atoms with Crippen molar-refractivity contribution in [2.45, 2.75) is 0 Å². The maximum atomic E-state index is 10.2. The molecule has 0 aliphatic rings.